The lowest BCUT2D eigenvalue weighted by Crippen LogP contribution is -2.35. The van der Waals surface area contributed by atoms with E-state index in [1.54, 1.807) is 24.4 Å². The molecule has 2 N–H and O–H groups in total. The van der Waals surface area contributed by atoms with Crippen molar-refractivity contribution in [2.24, 2.45) is 0 Å². The zero-order valence-electron chi connectivity index (χ0n) is 20.3. The number of anilines is 2. The number of carbonyl (C=O) groups is 1. The van der Waals surface area contributed by atoms with Gasteiger partial charge in [-0.2, -0.15) is 0 Å². The van der Waals surface area contributed by atoms with Crippen LogP contribution >= 0.6 is 11.6 Å². The number of benzene rings is 2. The van der Waals surface area contributed by atoms with Gasteiger partial charge in [-0.1, -0.05) is 37.6 Å². The van der Waals surface area contributed by atoms with Crippen molar-refractivity contribution >= 4 is 29.1 Å². The highest BCUT2D eigenvalue weighted by Gasteiger charge is 2.23. The number of fused-ring (bicyclic) bond motifs is 1. The second-order valence-electron chi connectivity index (χ2n) is 8.46. The Balaban J connectivity index is 1.55. The predicted octanol–water partition coefficient (Wildman–Crippen LogP) is 4.58. The Morgan fingerprint density at radius 3 is 2.75 bits per heavy atom. The minimum Gasteiger partial charge on any atom is -0.365 e. The van der Waals surface area contributed by atoms with Gasteiger partial charge in [-0.25, -0.2) is 18.7 Å². The summed E-state index contributed by atoms with van der Waals surface area (Å²) < 4.78 is 28.4. The molecule has 0 atom stereocenters. The molecular formula is C26H29ClF2N6O. The molecule has 2 heterocycles. The Kier molecular flexibility index (Phi) is 8.32. The fourth-order valence-corrected chi connectivity index (χ4v) is 4.34. The third kappa shape index (κ3) is 5.74. The van der Waals surface area contributed by atoms with Gasteiger partial charge in [-0.05, 0) is 37.4 Å². The number of rotatable bonds is 9. The summed E-state index contributed by atoms with van der Waals surface area (Å²) in [5, 5.41) is 5.91. The normalized spacial score (nSPS) is 12.9. The van der Waals surface area contributed by atoms with Crippen LogP contribution in [0.4, 0.5) is 20.4 Å². The maximum Gasteiger partial charge on any atom is 0.251 e. The van der Waals surface area contributed by atoms with E-state index in [0.717, 1.165) is 37.3 Å². The SMILES string of the molecule is CCN(CC)CCNC(=O)c1cccc(-c2cnc3c(n2)N(Cc2c(F)ccc(F)c2Cl)CCN3)c1. The Morgan fingerprint density at radius 1 is 1.19 bits per heavy atom. The molecule has 0 spiro atoms. The lowest BCUT2D eigenvalue weighted by molar-refractivity contribution is 0.0949. The minimum atomic E-state index is -0.671. The van der Waals surface area contributed by atoms with Crippen LogP contribution < -0.4 is 15.5 Å². The van der Waals surface area contributed by atoms with E-state index >= 15 is 0 Å². The van der Waals surface area contributed by atoms with E-state index in [0.29, 0.717) is 42.5 Å². The van der Waals surface area contributed by atoms with Gasteiger partial charge in [0.2, 0.25) is 0 Å². The summed E-state index contributed by atoms with van der Waals surface area (Å²) >= 11 is 6.06. The predicted molar refractivity (Wildman–Crippen MR) is 138 cm³/mol. The van der Waals surface area contributed by atoms with Crippen molar-refractivity contribution < 1.29 is 13.6 Å². The molecule has 0 fully saturated rings. The molecule has 1 aliphatic heterocycles. The molecule has 10 heteroatoms. The molecule has 3 aromatic rings. The molecule has 2 aromatic carbocycles. The van der Waals surface area contributed by atoms with Crippen LogP contribution in [0.5, 0.6) is 0 Å². The summed E-state index contributed by atoms with van der Waals surface area (Å²) in [6, 6.07) is 9.26. The van der Waals surface area contributed by atoms with Crippen LogP contribution in [0.15, 0.2) is 42.6 Å². The van der Waals surface area contributed by atoms with Crippen LogP contribution in [0.2, 0.25) is 5.02 Å². The van der Waals surface area contributed by atoms with Crippen molar-refractivity contribution in [3.05, 3.63) is 70.4 Å². The molecule has 7 nitrogen and oxygen atoms in total. The van der Waals surface area contributed by atoms with Crippen LogP contribution in [0.25, 0.3) is 11.3 Å². The number of hydrogen-bond acceptors (Lipinski definition) is 6. The van der Waals surface area contributed by atoms with Gasteiger partial charge >= 0.3 is 0 Å². The molecule has 0 aliphatic carbocycles. The van der Waals surface area contributed by atoms with E-state index in [1.165, 1.54) is 0 Å². The molecule has 190 valence electrons. The van der Waals surface area contributed by atoms with Gasteiger partial charge < -0.3 is 20.4 Å². The average molecular weight is 515 g/mol. The molecule has 1 aromatic heterocycles. The molecule has 4 rings (SSSR count). The van der Waals surface area contributed by atoms with E-state index in [2.05, 4.69) is 34.4 Å². The first-order valence-corrected chi connectivity index (χ1v) is 12.4. The number of aromatic nitrogens is 2. The van der Waals surface area contributed by atoms with Crippen LogP contribution in [-0.2, 0) is 6.54 Å². The molecule has 0 radical (unpaired) electrons. The van der Waals surface area contributed by atoms with Crippen LogP contribution in [-0.4, -0.2) is 60.0 Å². The third-order valence-electron chi connectivity index (χ3n) is 6.24. The number of amides is 1. The lowest BCUT2D eigenvalue weighted by Gasteiger charge is -2.30. The average Bonchev–Trinajstić information content (AvgIpc) is 2.91. The highest BCUT2D eigenvalue weighted by molar-refractivity contribution is 6.31. The molecule has 1 aliphatic rings. The standard InChI is InChI=1S/C26H29ClF2N6O/c1-3-34(4-2)12-10-31-26(36)18-7-5-6-17(14-18)22-15-32-24-25(33-22)35(13-11-30-24)16-19-20(28)8-9-21(29)23(19)27/h5-9,14-15H,3-4,10-13,16H2,1-2H3,(H,30,32)(H,31,36). The van der Waals surface area contributed by atoms with Crippen LogP contribution in [0.1, 0.15) is 29.8 Å². The van der Waals surface area contributed by atoms with E-state index in [1.807, 2.05) is 11.0 Å². The monoisotopic (exact) mass is 514 g/mol. The molecule has 0 unspecified atom stereocenters. The van der Waals surface area contributed by atoms with Crippen molar-refractivity contribution in [3.63, 3.8) is 0 Å². The Morgan fingerprint density at radius 2 is 1.97 bits per heavy atom. The molecule has 0 saturated heterocycles. The highest BCUT2D eigenvalue weighted by Crippen LogP contribution is 2.32. The van der Waals surface area contributed by atoms with Crippen molar-refractivity contribution in [1.29, 1.82) is 0 Å². The van der Waals surface area contributed by atoms with Crippen molar-refractivity contribution in [2.75, 3.05) is 49.5 Å². The number of hydrogen-bond donors (Lipinski definition) is 2. The molecule has 1 amide bonds. The maximum absolute atomic E-state index is 14.4. The second-order valence-corrected chi connectivity index (χ2v) is 8.84. The fraction of sp³-hybridized carbons (Fsp3) is 0.346. The van der Waals surface area contributed by atoms with E-state index < -0.39 is 11.6 Å². The Bertz CT molecular complexity index is 1240. The smallest absolute Gasteiger partial charge is 0.251 e. The second kappa shape index (κ2) is 11.6. The topological polar surface area (TPSA) is 73.4 Å². The zero-order valence-corrected chi connectivity index (χ0v) is 21.1. The number of halogens is 3. The summed E-state index contributed by atoms with van der Waals surface area (Å²) in [7, 11) is 0. The quantitative estimate of drug-likeness (QED) is 0.407. The molecule has 0 saturated carbocycles. The number of nitrogens with zero attached hydrogens (tertiary/aromatic N) is 4. The first-order valence-electron chi connectivity index (χ1n) is 12.0. The number of carbonyl (C=O) groups excluding carboxylic acids is 1. The Hall–Kier alpha value is -3.30. The van der Waals surface area contributed by atoms with Crippen LogP contribution in [0, 0.1) is 11.6 Å². The fourth-order valence-electron chi connectivity index (χ4n) is 4.13. The van der Waals surface area contributed by atoms with Gasteiger partial charge in [0, 0.05) is 49.4 Å². The Labute approximate surface area is 214 Å². The molecule has 36 heavy (non-hydrogen) atoms. The maximum atomic E-state index is 14.4. The van der Waals surface area contributed by atoms with Crippen molar-refractivity contribution in [3.8, 4) is 11.3 Å². The highest BCUT2D eigenvalue weighted by atomic mass is 35.5. The van der Waals surface area contributed by atoms with Gasteiger partial charge in [0.1, 0.15) is 11.6 Å². The van der Waals surface area contributed by atoms with E-state index in [-0.39, 0.29) is 23.0 Å². The van der Waals surface area contributed by atoms with Gasteiger partial charge in [0.15, 0.2) is 11.6 Å². The van der Waals surface area contributed by atoms with Gasteiger partial charge in [-0.3, -0.25) is 4.79 Å². The summed E-state index contributed by atoms with van der Waals surface area (Å²) in [5.74, 6) is -0.356. The van der Waals surface area contributed by atoms with Crippen molar-refractivity contribution in [2.45, 2.75) is 20.4 Å². The lowest BCUT2D eigenvalue weighted by atomic mass is 10.1. The first kappa shape index (κ1) is 25.8. The molecular weight excluding hydrogens is 486 g/mol. The minimum absolute atomic E-state index is 0.0459. The van der Waals surface area contributed by atoms with Gasteiger partial charge in [-0.15, -0.1) is 0 Å². The van der Waals surface area contributed by atoms with Gasteiger partial charge in [0.05, 0.1) is 16.9 Å². The summed E-state index contributed by atoms with van der Waals surface area (Å²) in [6.45, 7) is 8.51. The largest absolute Gasteiger partial charge is 0.365 e. The number of likely N-dealkylation sites (N-methyl/N-ethyl adjacent to an activating group) is 1. The first-order chi connectivity index (χ1) is 17.4. The summed E-state index contributed by atoms with van der Waals surface area (Å²) in [4.78, 5) is 26.0. The summed E-state index contributed by atoms with van der Waals surface area (Å²) in [6.07, 6.45) is 1.63. The van der Waals surface area contributed by atoms with Gasteiger partial charge in [0.25, 0.3) is 5.91 Å². The van der Waals surface area contributed by atoms with Crippen LogP contribution in [0.3, 0.4) is 0 Å². The molecule has 0 bridgehead atoms. The third-order valence-corrected chi connectivity index (χ3v) is 6.65. The van der Waals surface area contributed by atoms with Crippen molar-refractivity contribution in [1.82, 2.24) is 20.2 Å². The van der Waals surface area contributed by atoms with E-state index in [9.17, 15) is 13.6 Å². The van der Waals surface area contributed by atoms with E-state index in [4.69, 9.17) is 16.6 Å². The number of nitrogens with one attached hydrogen (secondary N) is 2. The summed E-state index contributed by atoms with van der Waals surface area (Å²) in [5.41, 5.74) is 1.88. The zero-order chi connectivity index (χ0) is 25.7.